The molecule has 1 aliphatic heterocycles. The molecular formula is C19H23FN4O. The molecule has 1 saturated heterocycles. The molecule has 1 saturated carbocycles. The Morgan fingerprint density at radius 1 is 1.24 bits per heavy atom. The molecular weight excluding hydrogens is 319 g/mol. The first-order valence-corrected chi connectivity index (χ1v) is 8.99. The zero-order chi connectivity index (χ0) is 17.4. The Kier molecular flexibility index (Phi) is 4.06. The minimum absolute atomic E-state index is 0.00990. The van der Waals surface area contributed by atoms with Gasteiger partial charge in [-0.15, -0.1) is 0 Å². The van der Waals surface area contributed by atoms with Crippen LogP contribution in [0.15, 0.2) is 24.3 Å². The molecule has 0 bridgehead atoms. The Morgan fingerprint density at radius 2 is 1.88 bits per heavy atom. The Bertz CT molecular complexity index is 797. The van der Waals surface area contributed by atoms with Gasteiger partial charge in [-0.3, -0.25) is 4.79 Å². The lowest BCUT2D eigenvalue weighted by Crippen LogP contribution is -2.48. The van der Waals surface area contributed by atoms with E-state index in [0.717, 1.165) is 35.4 Å². The molecule has 1 aromatic carbocycles. The van der Waals surface area contributed by atoms with Gasteiger partial charge in [0.05, 0.1) is 23.3 Å². The molecule has 0 spiro atoms. The van der Waals surface area contributed by atoms with Crippen molar-refractivity contribution in [3.63, 3.8) is 0 Å². The molecule has 1 amide bonds. The molecule has 1 N–H and O–H groups in total. The normalized spacial score (nSPS) is 19.8. The van der Waals surface area contributed by atoms with Crippen molar-refractivity contribution in [2.75, 3.05) is 24.5 Å². The summed E-state index contributed by atoms with van der Waals surface area (Å²) in [6, 6.07) is 7.79. The van der Waals surface area contributed by atoms with Crippen LogP contribution in [0.25, 0.3) is 11.0 Å². The average Bonchev–Trinajstić information content (AvgIpc) is 3.45. The maximum atomic E-state index is 15.0. The van der Waals surface area contributed by atoms with E-state index in [0.29, 0.717) is 25.9 Å². The molecule has 2 heterocycles. The number of aryl methyl sites for hydroxylation is 1. The van der Waals surface area contributed by atoms with Crippen molar-refractivity contribution < 1.29 is 9.18 Å². The van der Waals surface area contributed by atoms with Crippen molar-refractivity contribution in [3.05, 3.63) is 30.0 Å². The first-order chi connectivity index (χ1) is 12.0. The number of rotatable bonds is 4. The van der Waals surface area contributed by atoms with Crippen molar-refractivity contribution >= 4 is 22.8 Å². The van der Waals surface area contributed by atoms with Crippen molar-refractivity contribution in [2.24, 2.45) is 5.92 Å². The molecule has 132 valence electrons. The van der Waals surface area contributed by atoms with E-state index < -0.39 is 5.67 Å². The van der Waals surface area contributed by atoms with Gasteiger partial charge in [-0.25, -0.2) is 14.4 Å². The highest BCUT2D eigenvalue weighted by Crippen LogP contribution is 2.32. The first-order valence-electron chi connectivity index (χ1n) is 8.99. The van der Waals surface area contributed by atoms with Gasteiger partial charge >= 0.3 is 0 Å². The van der Waals surface area contributed by atoms with Gasteiger partial charge in [0.25, 0.3) is 0 Å². The molecule has 0 radical (unpaired) electrons. The van der Waals surface area contributed by atoms with E-state index in [1.54, 1.807) is 0 Å². The number of aromatic nitrogens is 2. The predicted octanol–water partition coefficient (Wildman–Crippen LogP) is 2.77. The second-order valence-electron chi connectivity index (χ2n) is 7.25. The molecule has 4 rings (SSSR count). The highest BCUT2D eigenvalue weighted by molar-refractivity contribution is 5.80. The summed E-state index contributed by atoms with van der Waals surface area (Å²) >= 11 is 0. The van der Waals surface area contributed by atoms with E-state index in [4.69, 9.17) is 4.98 Å². The van der Waals surface area contributed by atoms with Crippen molar-refractivity contribution in [3.8, 4) is 0 Å². The van der Waals surface area contributed by atoms with Crippen molar-refractivity contribution in [1.29, 1.82) is 0 Å². The van der Waals surface area contributed by atoms with E-state index >= 15 is 0 Å². The molecule has 1 aliphatic carbocycles. The van der Waals surface area contributed by atoms with E-state index in [1.807, 2.05) is 31.2 Å². The molecule has 0 unspecified atom stereocenters. The number of piperidine rings is 1. The summed E-state index contributed by atoms with van der Waals surface area (Å²) in [5.74, 6) is 0.970. The van der Waals surface area contributed by atoms with Crippen LogP contribution in [-0.2, 0) is 4.79 Å². The Hall–Kier alpha value is -2.24. The maximum Gasteiger partial charge on any atom is 0.223 e. The fraction of sp³-hybridized carbons (Fsp3) is 0.526. The molecule has 5 nitrogen and oxygen atoms in total. The number of carbonyl (C=O) groups is 1. The topological polar surface area (TPSA) is 58.1 Å². The molecule has 0 atom stereocenters. The van der Waals surface area contributed by atoms with Crippen LogP contribution in [-0.4, -0.2) is 41.2 Å². The van der Waals surface area contributed by atoms with Gasteiger partial charge < -0.3 is 10.2 Å². The highest BCUT2D eigenvalue weighted by atomic mass is 19.1. The number of fused-ring (bicyclic) bond motifs is 1. The summed E-state index contributed by atoms with van der Waals surface area (Å²) in [5.41, 5.74) is 1.28. The first kappa shape index (κ1) is 16.2. The molecule has 6 heteroatoms. The number of nitrogens with one attached hydrogen (secondary N) is 1. The molecule has 2 aliphatic rings. The molecule has 25 heavy (non-hydrogen) atoms. The summed E-state index contributed by atoms with van der Waals surface area (Å²) in [6.07, 6.45) is 2.68. The predicted molar refractivity (Wildman–Crippen MR) is 95.3 cm³/mol. The fourth-order valence-electron chi connectivity index (χ4n) is 3.41. The lowest BCUT2D eigenvalue weighted by atomic mass is 9.93. The zero-order valence-corrected chi connectivity index (χ0v) is 14.5. The smallest absolute Gasteiger partial charge is 0.223 e. The van der Waals surface area contributed by atoms with Gasteiger partial charge in [0.15, 0.2) is 5.82 Å². The van der Waals surface area contributed by atoms with E-state index in [1.165, 1.54) is 0 Å². The molecule has 2 aromatic rings. The molecule has 1 aromatic heterocycles. The van der Waals surface area contributed by atoms with Crippen LogP contribution in [0.5, 0.6) is 0 Å². The van der Waals surface area contributed by atoms with Crippen LogP contribution in [0.2, 0.25) is 0 Å². The van der Waals surface area contributed by atoms with Crippen LogP contribution in [0.4, 0.5) is 10.2 Å². The summed E-state index contributed by atoms with van der Waals surface area (Å²) in [7, 11) is 0. The number of carbonyl (C=O) groups excluding carboxylic acids is 1. The number of benzene rings is 1. The standard InChI is InChI=1S/C19H23FN4O/c1-13-17(23-16-5-3-2-4-15(16)22-13)24-10-8-19(20,9-11-24)12-21-18(25)14-6-7-14/h2-5,14H,6-12H2,1H3,(H,21,25). The molecule has 2 fully saturated rings. The Labute approximate surface area is 146 Å². The second-order valence-corrected chi connectivity index (χ2v) is 7.25. The Morgan fingerprint density at radius 3 is 2.52 bits per heavy atom. The van der Waals surface area contributed by atoms with Crippen molar-refractivity contribution in [1.82, 2.24) is 15.3 Å². The van der Waals surface area contributed by atoms with Gasteiger partial charge in [0, 0.05) is 31.8 Å². The minimum atomic E-state index is -1.32. The van der Waals surface area contributed by atoms with Gasteiger partial charge in [-0.1, -0.05) is 12.1 Å². The maximum absolute atomic E-state index is 15.0. The van der Waals surface area contributed by atoms with Gasteiger partial charge in [0.2, 0.25) is 5.91 Å². The van der Waals surface area contributed by atoms with E-state index in [9.17, 15) is 9.18 Å². The van der Waals surface area contributed by atoms with Gasteiger partial charge in [0.1, 0.15) is 5.67 Å². The minimum Gasteiger partial charge on any atom is -0.355 e. The summed E-state index contributed by atoms with van der Waals surface area (Å²) < 4.78 is 15.0. The second kappa shape index (κ2) is 6.24. The van der Waals surface area contributed by atoms with Crippen LogP contribution in [0, 0.1) is 12.8 Å². The van der Waals surface area contributed by atoms with Crippen LogP contribution in [0.1, 0.15) is 31.4 Å². The largest absolute Gasteiger partial charge is 0.355 e. The number of anilines is 1. The zero-order valence-electron chi connectivity index (χ0n) is 14.5. The summed E-state index contributed by atoms with van der Waals surface area (Å²) in [4.78, 5) is 23.2. The number of para-hydroxylation sites is 2. The lowest BCUT2D eigenvalue weighted by molar-refractivity contribution is -0.123. The number of hydrogen-bond acceptors (Lipinski definition) is 4. The lowest BCUT2D eigenvalue weighted by Gasteiger charge is -2.37. The third kappa shape index (κ3) is 3.43. The third-order valence-electron chi connectivity index (χ3n) is 5.21. The number of halogens is 1. The van der Waals surface area contributed by atoms with Gasteiger partial charge in [-0.2, -0.15) is 0 Å². The summed E-state index contributed by atoms with van der Waals surface area (Å²) in [6.45, 7) is 3.24. The SMILES string of the molecule is Cc1nc2ccccc2nc1N1CCC(F)(CNC(=O)C2CC2)CC1. The average molecular weight is 342 g/mol. The summed E-state index contributed by atoms with van der Waals surface area (Å²) in [5, 5.41) is 2.78. The van der Waals surface area contributed by atoms with E-state index in [-0.39, 0.29) is 18.4 Å². The number of alkyl halides is 1. The number of hydrogen-bond donors (Lipinski definition) is 1. The van der Waals surface area contributed by atoms with E-state index in [2.05, 4.69) is 15.2 Å². The number of amides is 1. The third-order valence-corrected chi connectivity index (χ3v) is 5.21. The quantitative estimate of drug-likeness (QED) is 0.928. The monoisotopic (exact) mass is 342 g/mol. The van der Waals surface area contributed by atoms with Crippen LogP contribution >= 0.6 is 0 Å². The fourth-order valence-corrected chi connectivity index (χ4v) is 3.41. The number of nitrogens with zero attached hydrogens (tertiary/aromatic N) is 3. The highest BCUT2D eigenvalue weighted by Gasteiger charge is 2.37. The van der Waals surface area contributed by atoms with Crippen LogP contribution in [0.3, 0.4) is 0 Å². The van der Waals surface area contributed by atoms with Gasteiger partial charge in [-0.05, 0) is 31.9 Å². The van der Waals surface area contributed by atoms with Crippen LogP contribution < -0.4 is 10.2 Å². The Balaban J connectivity index is 1.42. The van der Waals surface area contributed by atoms with Crippen molar-refractivity contribution in [2.45, 2.75) is 38.3 Å².